The molecular weight excluding hydrogens is 445 g/mol. The lowest BCUT2D eigenvalue weighted by molar-refractivity contribution is 0.168. The van der Waals surface area contributed by atoms with Gasteiger partial charge in [0.25, 0.3) is 0 Å². The number of urea groups is 1. The number of alkyl carbamates (subject to hydrolysis) is 1. The Labute approximate surface area is 195 Å². The first-order valence-electron chi connectivity index (χ1n) is 10.5. The van der Waals surface area contributed by atoms with Crippen LogP contribution in [0.25, 0.3) is 11.1 Å². The molecule has 2 aromatic carbocycles. The summed E-state index contributed by atoms with van der Waals surface area (Å²) in [5.41, 5.74) is 2.12. The molecule has 180 valence electrons. The van der Waals surface area contributed by atoms with Crippen LogP contribution in [0.3, 0.4) is 0 Å². The molecule has 3 amide bonds. The molecule has 4 N–H and O–H groups in total. The van der Waals surface area contributed by atoms with Crippen molar-refractivity contribution in [2.45, 2.75) is 6.54 Å². The van der Waals surface area contributed by atoms with Crippen molar-refractivity contribution in [1.82, 2.24) is 20.4 Å². The molecule has 0 spiro atoms. The number of carbonyl (C=O) groups excluding carboxylic acids is 2. The van der Waals surface area contributed by atoms with Gasteiger partial charge in [-0.3, -0.25) is 5.10 Å². The maximum absolute atomic E-state index is 14.6. The van der Waals surface area contributed by atoms with Gasteiger partial charge in [0.2, 0.25) is 0 Å². The fourth-order valence-electron chi connectivity index (χ4n) is 3.12. The first-order chi connectivity index (χ1) is 16.5. The summed E-state index contributed by atoms with van der Waals surface area (Å²) in [5, 5.41) is 21.0. The SMILES string of the molecule is COC(=O)NCCOc1cccc(CN(CCO)C(=O)Nc2ccc(-c3cn[nH]c3)cc2F)c1. The van der Waals surface area contributed by atoms with Crippen LogP contribution in [-0.2, 0) is 11.3 Å². The topological polar surface area (TPSA) is 129 Å². The van der Waals surface area contributed by atoms with Gasteiger partial charge in [0, 0.05) is 24.8 Å². The van der Waals surface area contributed by atoms with Crippen molar-refractivity contribution in [1.29, 1.82) is 0 Å². The number of hydrogen-bond donors (Lipinski definition) is 4. The molecule has 0 atom stereocenters. The van der Waals surface area contributed by atoms with Crippen LogP contribution in [0.4, 0.5) is 19.7 Å². The average molecular weight is 471 g/mol. The van der Waals surface area contributed by atoms with E-state index in [2.05, 4.69) is 25.6 Å². The largest absolute Gasteiger partial charge is 0.492 e. The van der Waals surface area contributed by atoms with Gasteiger partial charge < -0.3 is 30.1 Å². The number of halogens is 1. The van der Waals surface area contributed by atoms with Gasteiger partial charge in [-0.1, -0.05) is 18.2 Å². The zero-order chi connectivity index (χ0) is 24.3. The monoisotopic (exact) mass is 471 g/mol. The molecule has 0 radical (unpaired) electrons. The number of rotatable bonds is 10. The van der Waals surface area contributed by atoms with Gasteiger partial charge in [-0.05, 0) is 35.4 Å². The van der Waals surface area contributed by atoms with E-state index in [0.717, 1.165) is 11.1 Å². The van der Waals surface area contributed by atoms with Crippen molar-refractivity contribution in [2.75, 3.05) is 38.7 Å². The molecule has 0 aliphatic carbocycles. The molecule has 3 aromatic rings. The smallest absolute Gasteiger partial charge is 0.406 e. The molecule has 34 heavy (non-hydrogen) atoms. The zero-order valence-corrected chi connectivity index (χ0v) is 18.6. The highest BCUT2D eigenvalue weighted by Crippen LogP contribution is 2.24. The summed E-state index contributed by atoms with van der Waals surface area (Å²) in [7, 11) is 1.28. The third kappa shape index (κ3) is 6.94. The van der Waals surface area contributed by atoms with Gasteiger partial charge in [0.15, 0.2) is 0 Å². The van der Waals surface area contributed by atoms with E-state index in [-0.39, 0.29) is 38.5 Å². The standard InChI is InChI=1S/C23H26FN5O5/c1-33-23(32)25-7-10-34-19-4-2-3-16(11-19)15-29(8-9-30)22(31)28-21-6-5-17(12-20(21)24)18-13-26-27-14-18/h2-6,11-14,30H,7-10,15H2,1H3,(H,25,32)(H,26,27)(H,28,31). The summed E-state index contributed by atoms with van der Waals surface area (Å²) in [6, 6.07) is 11.0. The first-order valence-corrected chi connectivity index (χ1v) is 10.5. The third-order valence-corrected chi connectivity index (χ3v) is 4.80. The van der Waals surface area contributed by atoms with Crippen LogP contribution in [-0.4, -0.2) is 65.7 Å². The molecule has 11 heteroatoms. The van der Waals surface area contributed by atoms with Gasteiger partial charge in [-0.15, -0.1) is 0 Å². The minimum Gasteiger partial charge on any atom is -0.492 e. The van der Waals surface area contributed by atoms with Crippen LogP contribution >= 0.6 is 0 Å². The number of nitrogens with one attached hydrogen (secondary N) is 3. The van der Waals surface area contributed by atoms with Gasteiger partial charge in [0.1, 0.15) is 18.2 Å². The van der Waals surface area contributed by atoms with E-state index in [4.69, 9.17) is 4.74 Å². The number of aliphatic hydroxyl groups is 1. The quantitative estimate of drug-likeness (QED) is 0.337. The van der Waals surface area contributed by atoms with Crippen LogP contribution in [0.1, 0.15) is 5.56 Å². The predicted octanol–water partition coefficient (Wildman–Crippen LogP) is 2.98. The highest BCUT2D eigenvalue weighted by atomic mass is 19.1. The lowest BCUT2D eigenvalue weighted by atomic mass is 10.1. The second-order valence-electron chi connectivity index (χ2n) is 7.17. The number of nitrogens with zero attached hydrogens (tertiary/aromatic N) is 2. The van der Waals surface area contributed by atoms with Crippen molar-refractivity contribution in [2.24, 2.45) is 0 Å². The first kappa shape index (κ1) is 24.5. The summed E-state index contributed by atoms with van der Waals surface area (Å²) in [4.78, 5) is 25.2. The van der Waals surface area contributed by atoms with Crippen molar-refractivity contribution >= 4 is 17.8 Å². The van der Waals surface area contributed by atoms with E-state index in [9.17, 15) is 19.1 Å². The van der Waals surface area contributed by atoms with Crippen LogP contribution in [0.15, 0.2) is 54.9 Å². The molecule has 0 bridgehead atoms. The summed E-state index contributed by atoms with van der Waals surface area (Å²) in [5.74, 6) is -0.0404. The molecule has 3 rings (SSSR count). The van der Waals surface area contributed by atoms with E-state index in [1.807, 2.05) is 0 Å². The Morgan fingerprint density at radius 2 is 2.06 bits per heavy atom. The predicted molar refractivity (Wildman–Crippen MR) is 123 cm³/mol. The molecule has 1 heterocycles. The highest BCUT2D eigenvalue weighted by molar-refractivity contribution is 5.89. The lowest BCUT2D eigenvalue weighted by Crippen LogP contribution is -2.36. The van der Waals surface area contributed by atoms with Crippen molar-refractivity contribution in [3.8, 4) is 16.9 Å². The van der Waals surface area contributed by atoms with Crippen LogP contribution < -0.4 is 15.4 Å². The Kier molecular flexibility index (Phi) is 8.81. The molecule has 0 saturated heterocycles. The maximum Gasteiger partial charge on any atom is 0.406 e. The molecule has 0 fully saturated rings. The fraction of sp³-hybridized carbons (Fsp3) is 0.261. The van der Waals surface area contributed by atoms with Crippen LogP contribution in [0.5, 0.6) is 5.75 Å². The van der Waals surface area contributed by atoms with Crippen LogP contribution in [0.2, 0.25) is 0 Å². The van der Waals surface area contributed by atoms with E-state index in [1.54, 1.807) is 42.7 Å². The molecule has 0 unspecified atom stereocenters. The van der Waals surface area contributed by atoms with Gasteiger partial charge in [-0.2, -0.15) is 5.10 Å². The summed E-state index contributed by atoms with van der Waals surface area (Å²) in [6.07, 6.45) is 2.67. The highest BCUT2D eigenvalue weighted by Gasteiger charge is 2.16. The molecule has 1 aromatic heterocycles. The maximum atomic E-state index is 14.6. The van der Waals surface area contributed by atoms with Crippen molar-refractivity contribution in [3.05, 3.63) is 66.2 Å². The fourth-order valence-corrected chi connectivity index (χ4v) is 3.12. The van der Waals surface area contributed by atoms with Gasteiger partial charge >= 0.3 is 12.1 Å². The number of amides is 3. The number of benzene rings is 2. The number of ether oxygens (including phenoxy) is 2. The number of hydrogen-bond acceptors (Lipinski definition) is 6. The number of H-pyrrole nitrogens is 1. The Balaban J connectivity index is 1.61. The second-order valence-corrected chi connectivity index (χ2v) is 7.17. The Morgan fingerprint density at radius 1 is 1.21 bits per heavy atom. The molecule has 0 aliphatic rings. The number of methoxy groups -OCH3 is 1. The number of anilines is 1. The van der Waals surface area contributed by atoms with E-state index >= 15 is 0 Å². The van der Waals surface area contributed by atoms with Crippen molar-refractivity contribution < 1.29 is 28.6 Å². The Bertz CT molecular complexity index is 1090. The second kappa shape index (κ2) is 12.2. The Morgan fingerprint density at radius 3 is 2.76 bits per heavy atom. The minimum absolute atomic E-state index is 0.0235. The molecule has 0 aliphatic heterocycles. The van der Waals surface area contributed by atoms with Gasteiger partial charge in [-0.25, -0.2) is 14.0 Å². The summed E-state index contributed by atoms with van der Waals surface area (Å²) >= 11 is 0. The average Bonchev–Trinajstić information content (AvgIpc) is 3.38. The molecule has 0 saturated carbocycles. The van der Waals surface area contributed by atoms with E-state index in [1.165, 1.54) is 24.1 Å². The molecule has 10 nitrogen and oxygen atoms in total. The number of aliphatic hydroxyl groups excluding tert-OH is 1. The summed E-state index contributed by atoms with van der Waals surface area (Å²) < 4.78 is 24.7. The summed E-state index contributed by atoms with van der Waals surface area (Å²) in [6.45, 7) is 0.451. The van der Waals surface area contributed by atoms with Crippen molar-refractivity contribution in [3.63, 3.8) is 0 Å². The Hall–Kier alpha value is -4.12. The number of carbonyl (C=O) groups is 2. The number of aromatic nitrogens is 2. The molecular formula is C23H26FN5O5. The van der Waals surface area contributed by atoms with E-state index < -0.39 is 17.9 Å². The normalized spacial score (nSPS) is 10.4. The van der Waals surface area contributed by atoms with E-state index in [0.29, 0.717) is 11.3 Å². The lowest BCUT2D eigenvalue weighted by Gasteiger charge is -2.23. The zero-order valence-electron chi connectivity index (χ0n) is 18.6. The third-order valence-electron chi connectivity index (χ3n) is 4.80. The minimum atomic E-state index is -0.591. The number of aromatic amines is 1. The van der Waals surface area contributed by atoms with Crippen LogP contribution in [0, 0.1) is 5.82 Å². The van der Waals surface area contributed by atoms with Gasteiger partial charge in [0.05, 0.1) is 32.1 Å².